The fourth-order valence-electron chi connectivity index (χ4n) is 3.68. The smallest absolute Gasteiger partial charge is 0.307 e. The molecule has 0 aromatic heterocycles. The Bertz CT molecular complexity index is 724. The fourth-order valence-corrected chi connectivity index (χ4v) is 3.68. The summed E-state index contributed by atoms with van der Waals surface area (Å²) >= 11 is 0. The van der Waals surface area contributed by atoms with Gasteiger partial charge >= 0.3 is 5.97 Å². The summed E-state index contributed by atoms with van der Waals surface area (Å²) in [6.45, 7) is 3.02. The van der Waals surface area contributed by atoms with Gasteiger partial charge in [0.15, 0.2) is 0 Å². The van der Waals surface area contributed by atoms with E-state index in [0.717, 1.165) is 0 Å². The molecule has 134 valence electrons. The summed E-state index contributed by atoms with van der Waals surface area (Å²) in [7, 11) is 0. The van der Waals surface area contributed by atoms with Gasteiger partial charge in [0.25, 0.3) is 11.6 Å². The molecule has 1 aliphatic carbocycles. The number of amides is 1. The highest BCUT2D eigenvalue weighted by Crippen LogP contribution is 2.59. The van der Waals surface area contributed by atoms with Crippen molar-refractivity contribution in [1.29, 1.82) is 0 Å². The molecule has 1 N–H and O–H groups in total. The monoisotopic (exact) mass is 348 g/mol. The summed E-state index contributed by atoms with van der Waals surface area (Å²) in [5.41, 5.74) is -0.428. The number of rotatable bonds is 5. The molecular formula is C17H20N2O6. The number of carbonyl (C=O) groups excluding carboxylic acids is 1. The van der Waals surface area contributed by atoms with Gasteiger partial charge < -0.3 is 14.7 Å². The second-order valence-electron chi connectivity index (χ2n) is 6.62. The Morgan fingerprint density at radius 1 is 1.40 bits per heavy atom. The Kier molecular flexibility index (Phi) is 4.36. The van der Waals surface area contributed by atoms with Crippen LogP contribution in [0.15, 0.2) is 18.2 Å². The molecule has 1 spiro atoms. The first kappa shape index (κ1) is 17.2. The highest BCUT2D eigenvalue weighted by molar-refractivity contribution is 5.98. The van der Waals surface area contributed by atoms with Gasteiger partial charge in [-0.1, -0.05) is 0 Å². The lowest BCUT2D eigenvalue weighted by Crippen LogP contribution is -2.40. The lowest BCUT2D eigenvalue weighted by molar-refractivity contribution is -0.385. The number of nitro benzene ring substituents is 1. The van der Waals surface area contributed by atoms with E-state index in [0.29, 0.717) is 44.7 Å². The van der Waals surface area contributed by atoms with Gasteiger partial charge in [0.2, 0.25) is 0 Å². The molecule has 1 unspecified atom stereocenters. The van der Waals surface area contributed by atoms with E-state index in [-0.39, 0.29) is 22.6 Å². The Labute approximate surface area is 144 Å². The van der Waals surface area contributed by atoms with E-state index in [1.54, 1.807) is 11.8 Å². The number of likely N-dealkylation sites (tertiary alicyclic amines) is 1. The van der Waals surface area contributed by atoms with E-state index < -0.39 is 16.8 Å². The average molecular weight is 348 g/mol. The van der Waals surface area contributed by atoms with Crippen molar-refractivity contribution in [3.8, 4) is 5.75 Å². The third kappa shape index (κ3) is 3.16. The van der Waals surface area contributed by atoms with Crippen molar-refractivity contribution >= 4 is 17.6 Å². The van der Waals surface area contributed by atoms with Gasteiger partial charge in [-0.15, -0.1) is 0 Å². The highest BCUT2D eigenvalue weighted by atomic mass is 16.6. The number of nitro groups is 1. The predicted molar refractivity (Wildman–Crippen MR) is 87.6 cm³/mol. The SMILES string of the molecule is CCOc1ccc([N+](=O)[O-])c(C(=O)N2CCC3(CC2)CC3C(=O)O)c1. The topological polar surface area (TPSA) is 110 Å². The minimum Gasteiger partial charge on any atom is -0.494 e. The molecule has 8 heteroatoms. The van der Waals surface area contributed by atoms with Crippen molar-refractivity contribution in [2.24, 2.45) is 11.3 Å². The Balaban J connectivity index is 1.76. The molecule has 1 saturated carbocycles. The van der Waals surface area contributed by atoms with Crippen molar-refractivity contribution < 1.29 is 24.4 Å². The van der Waals surface area contributed by atoms with Gasteiger partial charge in [-0.05, 0) is 43.7 Å². The van der Waals surface area contributed by atoms with Gasteiger partial charge in [0.05, 0.1) is 17.4 Å². The number of hydrogen-bond acceptors (Lipinski definition) is 5. The van der Waals surface area contributed by atoms with Crippen molar-refractivity contribution in [2.45, 2.75) is 26.2 Å². The number of ether oxygens (including phenoxy) is 1. The molecule has 25 heavy (non-hydrogen) atoms. The molecule has 0 radical (unpaired) electrons. The van der Waals surface area contributed by atoms with Crippen molar-refractivity contribution in [3.63, 3.8) is 0 Å². The van der Waals surface area contributed by atoms with Crippen LogP contribution in [0.2, 0.25) is 0 Å². The molecule has 2 aliphatic rings. The molecule has 1 aromatic rings. The normalized spacial score (nSPS) is 21.0. The summed E-state index contributed by atoms with van der Waals surface area (Å²) in [5.74, 6) is -1.09. The summed E-state index contributed by atoms with van der Waals surface area (Å²) in [4.78, 5) is 36.1. The predicted octanol–water partition coefficient (Wildman–Crippen LogP) is 2.32. The number of aliphatic carboxylic acids is 1. The van der Waals surface area contributed by atoms with Crippen LogP contribution in [0.3, 0.4) is 0 Å². The zero-order valence-corrected chi connectivity index (χ0v) is 13.9. The number of piperidine rings is 1. The van der Waals surface area contributed by atoms with Gasteiger partial charge in [0.1, 0.15) is 11.3 Å². The standard InChI is InChI=1S/C17H20N2O6/c1-2-25-11-3-4-14(19(23)24)12(9-11)15(20)18-7-5-17(6-8-18)10-13(17)16(21)22/h3-4,9,13H,2,5-8,10H2,1H3,(H,21,22). The number of benzene rings is 1. The van der Waals surface area contributed by atoms with E-state index in [4.69, 9.17) is 9.84 Å². The third-order valence-electron chi connectivity index (χ3n) is 5.24. The lowest BCUT2D eigenvalue weighted by atomic mass is 9.90. The minimum atomic E-state index is -0.778. The van der Waals surface area contributed by atoms with E-state index in [1.165, 1.54) is 18.2 Å². The van der Waals surface area contributed by atoms with Crippen molar-refractivity contribution in [2.75, 3.05) is 19.7 Å². The summed E-state index contributed by atoms with van der Waals surface area (Å²) in [5, 5.41) is 20.4. The van der Waals surface area contributed by atoms with E-state index in [9.17, 15) is 19.7 Å². The van der Waals surface area contributed by atoms with Crippen molar-refractivity contribution in [1.82, 2.24) is 4.90 Å². The number of carbonyl (C=O) groups is 2. The quantitative estimate of drug-likeness (QED) is 0.646. The van der Waals surface area contributed by atoms with Crippen LogP contribution >= 0.6 is 0 Å². The summed E-state index contributed by atoms with van der Waals surface area (Å²) in [6, 6.07) is 4.17. The maximum absolute atomic E-state index is 12.8. The molecule has 2 fully saturated rings. The fraction of sp³-hybridized carbons (Fsp3) is 0.529. The second kappa shape index (κ2) is 6.34. The average Bonchev–Trinajstić information content (AvgIpc) is 3.29. The lowest BCUT2D eigenvalue weighted by Gasteiger charge is -2.32. The van der Waals surface area contributed by atoms with Crippen LogP contribution in [0.4, 0.5) is 5.69 Å². The zero-order chi connectivity index (χ0) is 18.2. The maximum atomic E-state index is 12.8. The molecule has 1 aromatic carbocycles. The van der Waals surface area contributed by atoms with Gasteiger partial charge in [-0.25, -0.2) is 0 Å². The molecule has 3 rings (SSSR count). The van der Waals surface area contributed by atoms with E-state index in [2.05, 4.69) is 0 Å². The zero-order valence-electron chi connectivity index (χ0n) is 13.9. The molecule has 1 aliphatic heterocycles. The second-order valence-corrected chi connectivity index (χ2v) is 6.62. The first-order valence-electron chi connectivity index (χ1n) is 8.31. The maximum Gasteiger partial charge on any atom is 0.307 e. The number of carboxylic acids is 1. The van der Waals surface area contributed by atoms with Crippen LogP contribution in [-0.2, 0) is 4.79 Å². The van der Waals surface area contributed by atoms with E-state index >= 15 is 0 Å². The molecule has 1 saturated heterocycles. The number of carboxylic acid groups (broad SMARTS) is 1. The van der Waals surface area contributed by atoms with Crippen LogP contribution in [-0.4, -0.2) is 46.5 Å². The van der Waals surface area contributed by atoms with Gasteiger partial charge in [0, 0.05) is 19.2 Å². The Morgan fingerprint density at radius 3 is 2.60 bits per heavy atom. The van der Waals surface area contributed by atoms with Crippen molar-refractivity contribution in [3.05, 3.63) is 33.9 Å². The largest absolute Gasteiger partial charge is 0.494 e. The number of nitrogens with zero attached hydrogens (tertiary/aromatic N) is 2. The van der Waals surface area contributed by atoms with Gasteiger partial charge in [-0.2, -0.15) is 0 Å². The Hall–Kier alpha value is -2.64. The molecular weight excluding hydrogens is 328 g/mol. The van der Waals surface area contributed by atoms with Crippen LogP contribution in [0.1, 0.15) is 36.5 Å². The molecule has 1 heterocycles. The summed E-state index contributed by atoms with van der Waals surface area (Å²) in [6.07, 6.45) is 1.90. The van der Waals surface area contributed by atoms with Gasteiger partial charge in [-0.3, -0.25) is 19.7 Å². The highest BCUT2D eigenvalue weighted by Gasteiger charge is 2.59. The molecule has 1 amide bonds. The molecule has 1 atom stereocenters. The minimum absolute atomic E-state index is 0.0116. The number of hydrogen-bond donors (Lipinski definition) is 1. The Morgan fingerprint density at radius 2 is 2.08 bits per heavy atom. The first-order valence-corrected chi connectivity index (χ1v) is 8.31. The van der Waals surface area contributed by atoms with Crippen LogP contribution in [0.25, 0.3) is 0 Å². The molecule has 0 bridgehead atoms. The molecule has 8 nitrogen and oxygen atoms in total. The third-order valence-corrected chi connectivity index (χ3v) is 5.24. The summed E-state index contributed by atoms with van der Waals surface area (Å²) < 4.78 is 5.34. The first-order chi connectivity index (χ1) is 11.9. The van der Waals surface area contributed by atoms with E-state index in [1.807, 2.05) is 0 Å². The van der Waals surface area contributed by atoms with Crippen LogP contribution in [0, 0.1) is 21.4 Å². The van der Waals surface area contributed by atoms with Crippen LogP contribution < -0.4 is 4.74 Å². The van der Waals surface area contributed by atoms with Crippen LogP contribution in [0.5, 0.6) is 5.75 Å².